The first kappa shape index (κ1) is 12.8. The van der Waals surface area contributed by atoms with Gasteiger partial charge in [0.15, 0.2) is 5.11 Å². The van der Waals surface area contributed by atoms with Gasteiger partial charge in [-0.15, -0.1) is 0 Å². The molecule has 0 saturated heterocycles. The summed E-state index contributed by atoms with van der Waals surface area (Å²) in [6.45, 7) is 8.50. The van der Waals surface area contributed by atoms with Gasteiger partial charge in [0, 0.05) is 7.05 Å². The average Bonchev–Trinajstić information content (AvgIpc) is 2.28. The number of hydrogen-bond donors (Lipinski definition) is 3. The normalized spacial score (nSPS) is 9.81. The van der Waals surface area contributed by atoms with Crippen LogP contribution < -0.4 is 16.2 Å². The van der Waals surface area contributed by atoms with E-state index in [0.717, 1.165) is 5.69 Å². The Bertz CT molecular complexity index is 413. The molecule has 0 aliphatic rings. The number of nitrogens with one attached hydrogen (secondary N) is 3. The molecule has 1 aromatic rings. The SMILES string of the molecule is CNC(=S)NNc1cc(C)c(C)c(C)c1C. The average molecular weight is 237 g/mol. The number of aryl methyl sites for hydroxylation is 1. The Labute approximate surface area is 103 Å². The van der Waals surface area contributed by atoms with Gasteiger partial charge in [0.05, 0.1) is 5.69 Å². The number of anilines is 1. The first-order valence-electron chi connectivity index (χ1n) is 5.28. The van der Waals surface area contributed by atoms with Crippen LogP contribution in [0.3, 0.4) is 0 Å². The van der Waals surface area contributed by atoms with Crippen molar-refractivity contribution in [2.24, 2.45) is 0 Å². The van der Waals surface area contributed by atoms with Gasteiger partial charge in [0.25, 0.3) is 0 Å². The highest BCUT2D eigenvalue weighted by atomic mass is 32.1. The van der Waals surface area contributed by atoms with Gasteiger partial charge in [-0.1, -0.05) is 0 Å². The Morgan fingerprint density at radius 1 is 1.06 bits per heavy atom. The van der Waals surface area contributed by atoms with Crippen molar-refractivity contribution in [3.05, 3.63) is 28.3 Å². The molecule has 16 heavy (non-hydrogen) atoms. The smallest absolute Gasteiger partial charge is 0.184 e. The molecule has 0 aliphatic heterocycles. The van der Waals surface area contributed by atoms with Crippen LogP contribution in [0.2, 0.25) is 0 Å². The van der Waals surface area contributed by atoms with Gasteiger partial charge in [-0.25, -0.2) is 0 Å². The van der Waals surface area contributed by atoms with E-state index >= 15 is 0 Å². The maximum atomic E-state index is 5.00. The van der Waals surface area contributed by atoms with E-state index in [2.05, 4.69) is 49.9 Å². The van der Waals surface area contributed by atoms with E-state index < -0.39 is 0 Å². The topological polar surface area (TPSA) is 36.1 Å². The number of hydrogen-bond acceptors (Lipinski definition) is 2. The molecule has 1 aromatic carbocycles. The van der Waals surface area contributed by atoms with Crippen LogP contribution >= 0.6 is 12.2 Å². The third-order valence-corrected chi connectivity index (χ3v) is 3.33. The molecule has 1 rings (SSSR count). The Kier molecular flexibility index (Phi) is 4.12. The molecule has 0 spiro atoms. The van der Waals surface area contributed by atoms with Crippen LogP contribution in [0.1, 0.15) is 22.3 Å². The monoisotopic (exact) mass is 237 g/mol. The van der Waals surface area contributed by atoms with Crippen molar-refractivity contribution in [3.8, 4) is 0 Å². The summed E-state index contributed by atoms with van der Waals surface area (Å²) in [5.41, 5.74) is 12.3. The fourth-order valence-corrected chi connectivity index (χ4v) is 1.58. The second-order valence-electron chi connectivity index (χ2n) is 3.95. The lowest BCUT2D eigenvalue weighted by atomic mass is 9.98. The summed E-state index contributed by atoms with van der Waals surface area (Å²) < 4.78 is 0. The van der Waals surface area contributed by atoms with E-state index in [1.54, 1.807) is 7.05 Å². The van der Waals surface area contributed by atoms with Crippen molar-refractivity contribution in [1.82, 2.24) is 10.7 Å². The molecule has 0 fully saturated rings. The molecule has 0 bridgehead atoms. The molecular weight excluding hydrogens is 218 g/mol. The van der Waals surface area contributed by atoms with E-state index in [9.17, 15) is 0 Å². The second kappa shape index (κ2) is 5.16. The first-order chi connectivity index (χ1) is 7.47. The number of rotatable bonds is 2. The molecule has 0 saturated carbocycles. The Balaban J connectivity index is 2.93. The number of thiocarbonyl (C=S) groups is 1. The molecule has 0 aromatic heterocycles. The van der Waals surface area contributed by atoms with Crippen molar-refractivity contribution < 1.29 is 0 Å². The van der Waals surface area contributed by atoms with Gasteiger partial charge in [-0.3, -0.25) is 10.9 Å². The minimum atomic E-state index is 0.579. The summed E-state index contributed by atoms with van der Waals surface area (Å²) >= 11 is 5.00. The molecule has 0 unspecified atom stereocenters. The number of benzene rings is 1. The standard InChI is InChI=1S/C12H19N3S/c1-7-6-11(14-15-12(16)13-5)10(4)9(3)8(7)2/h6,14H,1-5H3,(H2,13,15,16). The van der Waals surface area contributed by atoms with Gasteiger partial charge in [0.1, 0.15) is 0 Å². The highest BCUT2D eigenvalue weighted by molar-refractivity contribution is 7.80. The Hall–Kier alpha value is -1.29. The van der Waals surface area contributed by atoms with Crippen LogP contribution in [0.15, 0.2) is 6.07 Å². The van der Waals surface area contributed by atoms with E-state index in [1.165, 1.54) is 22.3 Å². The Morgan fingerprint density at radius 2 is 1.69 bits per heavy atom. The molecule has 4 heteroatoms. The molecule has 0 atom stereocenters. The maximum absolute atomic E-state index is 5.00. The van der Waals surface area contributed by atoms with Crippen molar-refractivity contribution in [1.29, 1.82) is 0 Å². The summed E-state index contributed by atoms with van der Waals surface area (Å²) in [6, 6.07) is 2.13. The quantitative estimate of drug-likeness (QED) is 0.545. The fourth-order valence-electron chi connectivity index (χ4n) is 1.53. The highest BCUT2D eigenvalue weighted by Gasteiger charge is 2.06. The van der Waals surface area contributed by atoms with Crippen molar-refractivity contribution in [2.75, 3.05) is 12.5 Å². The molecule has 0 aliphatic carbocycles. The molecule has 3 N–H and O–H groups in total. The van der Waals surface area contributed by atoms with Crippen LogP contribution in [-0.2, 0) is 0 Å². The van der Waals surface area contributed by atoms with E-state index in [4.69, 9.17) is 12.2 Å². The molecule has 0 radical (unpaired) electrons. The molecule has 88 valence electrons. The summed E-state index contributed by atoms with van der Waals surface area (Å²) in [7, 11) is 1.79. The fraction of sp³-hybridized carbons (Fsp3) is 0.417. The first-order valence-corrected chi connectivity index (χ1v) is 5.69. The summed E-state index contributed by atoms with van der Waals surface area (Å²) in [5, 5.41) is 3.43. The maximum Gasteiger partial charge on any atom is 0.184 e. The third-order valence-electron chi connectivity index (χ3n) is 3.02. The highest BCUT2D eigenvalue weighted by Crippen LogP contribution is 2.24. The zero-order valence-corrected chi connectivity index (χ0v) is 11.3. The van der Waals surface area contributed by atoms with Crippen LogP contribution in [-0.4, -0.2) is 12.2 Å². The number of hydrazine groups is 1. The molecule has 3 nitrogen and oxygen atoms in total. The Morgan fingerprint density at radius 3 is 2.25 bits per heavy atom. The van der Waals surface area contributed by atoms with Gasteiger partial charge < -0.3 is 5.32 Å². The lowest BCUT2D eigenvalue weighted by molar-refractivity contribution is 1.03. The van der Waals surface area contributed by atoms with Crippen molar-refractivity contribution in [3.63, 3.8) is 0 Å². The van der Waals surface area contributed by atoms with Crippen molar-refractivity contribution in [2.45, 2.75) is 27.7 Å². The van der Waals surface area contributed by atoms with Crippen LogP contribution in [0.25, 0.3) is 0 Å². The minimum absolute atomic E-state index is 0.579. The lowest BCUT2D eigenvalue weighted by Gasteiger charge is -2.17. The van der Waals surface area contributed by atoms with E-state index in [1.807, 2.05) is 0 Å². The minimum Gasteiger partial charge on any atom is -0.364 e. The van der Waals surface area contributed by atoms with Crippen LogP contribution in [0.5, 0.6) is 0 Å². The largest absolute Gasteiger partial charge is 0.364 e. The second-order valence-corrected chi connectivity index (χ2v) is 4.35. The predicted octanol–water partition coefficient (Wildman–Crippen LogP) is 2.34. The summed E-state index contributed by atoms with van der Waals surface area (Å²) in [5.74, 6) is 0. The zero-order valence-electron chi connectivity index (χ0n) is 10.5. The molecular formula is C12H19N3S. The van der Waals surface area contributed by atoms with Gasteiger partial charge in [-0.2, -0.15) is 0 Å². The summed E-state index contributed by atoms with van der Waals surface area (Å²) in [6.07, 6.45) is 0. The zero-order chi connectivity index (χ0) is 12.3. The third kappa shape index (κ3) is 2.64. The van der Waals surface area contributed by atoms with Gasteiger partial charge in [-0.05, 0) is 68.2 Å². The van der Waals surface area contributed by atoms with Crippen LogP contribution in [0.4, 0.5) is 5.69 Å². The van der Waals surface area contributed by atoms with Gasteiger partial charge in [0.2, 0.25) is 0 Å². The van der Waals surface area contributed by atoms with Crippen molar-refractivity contribution >= 4 is 23.0 Å². The van der Waals surface area contributed by atoms with Gasteiger partial charge >= 0.3 is 0 Å². The van der Waals surface area contributed by atoms with Crippen LogP contribution in [0, 0.1) is 27.7 Å². The predicted molar refractivity (Wildman–Crippen MR) is 73.8 cm³/mol. The van der Waals surface area contributed by atoms with E-state index in [-0.39, 0.29) is 0 Å². The van der Waals surface area contributed by atoms with E-state index in [0.29, 0.717) is 5.11 Å². The summed E-state index contributed by atoms with van der Waals surface area (Å²) in [4.78, 5) is 0. The molecule has 0 heterocycles. The molecule has 0 amide bonds. The lowest BCUT2D eigenvalue weighted by Crippen LogP contribution is -2.36.